The Kier molecular flexibility index (Phi) is 5.48. The topological polar surface area (TPSA) is 71.8 Å². The predicted octanol–water partition coefficient (Wildman–Crippen LogP) is 3.10. The van der Waals surface area contributed by atoms with E-state index in [1.54, 1.807) is 11.6 Å². The maximum atomic E-state index is 12.3. The molecule has 23 heavy (non-hydrogen) atoms. The number of carbonyl (C=O) groups is 1. The van der Waals surface area contributed by atoms with Crippen molar-refractivity contribution in [2.45, 2.75) is 29.9 Å². The number of alkyl halides is 3. The average Bonchev–Trinajstić information content (AvgIpc) is 2.89. The van der Waals surface area contributed by atoms with Crippen LogP contribution in [0.1, 0.15) is 6.92 Å². The molecule has 0 aliphatic rings. The standard InChI is InChI=1S/C13H14F3N5OS/c1-9(6-21-8-17-7-18-21)19-12(22)20-10-3-2-4-11(5-10)23-13(14,15)16/h2-5,7-9H,6H2,1H3,(H2,19,20,22)/t9-/m1/s1. The van der Waals surface area contributed by atoms with Gasteiger partial charge in [0, 0.05) is 16.6 Å². The van der Waals surface area contributed by atoms with Crippen molar-refractivity contribution in [3.63, 3.8) is 0 Å². The highest BCUT2D eigenvalue weighted by Gasteiger charge is 2.29. The van der Waals surface area contributed by atoms with Crippen LogP contribution in [-0.4, -0.2) is 32.3 Å². The summed E-state index contributed by atoms with van der Waals surface area (Å²) >= 11 is -0.232. The van der Waals surface area contributed by atoms with Gasteiger partial charge < -0.3 is 10.6 Å². The number of nitrogens with zero attached hydrogens (tertiary/aromatic N) is 3. The number of halogens is 3. The number of thioether (sulfide) groups is 1. The van der Waals surface area contributed by atoms with Crippen LogP contribution < -0.4 is 10.6 Å². The number of nitrogens with one attached hydrogen (secondary N) is 2. The first-order valence-corrected chi connectivity index (χ1v) is 7.39. The molecule has 1 heterocycles. The second-order valence-corrected chi connectivity index (χ2v) is 5.83. The summed E-state index contributed by atoms with van der Waals surface area (Å²) in [6, 6.07) is 4.81. The van der Waals surface area contributed by atoms with Gasteiger partial charge in [0.05, 0.1) is 6.54 Å². The summed E-state index contributed by atoms with van der Waals surface area (Å²) in [5, 5.41) is 9.09. The molecule has 0 saturated heterocycles. The highest BCUT2D eigenvalue weighted by Crippen LogP contribution is 2.37. The molecular weight excluding hydrogens is 331 g/mol. The number of hydrogen-bond acceptors (Lipinski definition) is 4. The lowest BCUT2D eigenvalue weighted by Gasteiger charge is -2.15. The van der Waals surface area contributed by atoms with Gasteiger partial charge in [0.2, 0.25) is 0 Å². The number of benzene rings is 1. The molecule has 1 aromatic heterocycles. The van der Waals surface area contributed by atoms with Crippen molar-refractivity contribution in [1.82, 2.24) is 20.1 Å². The van der Waals surface area contributed by atoms with Gasteiger partial charge in [0.1, 0.15) is 12.7 Å². The van der Waals surface area contributed by atoms with Crippen LogP contribution in [0, 0.1) is 0 Å². The predicted molar refractivity (Wildman–Crippen MR) is 80.0 cm³/mol. The fourth-order valence-corrected chi connectivity index (χ4v) is 2.41. The number of hydrogen-bond donors (Lipinski definition) is 2. The highest BCUT2D eigenvalue weighted by atomic mass is 32.2. The van der Waals surface area contributed by atoms with Gasteiger partial charge in [-0.15, -0.1) is 0 Å². The molecule has 0 unspecified atom stereocenters. The van der Waals surface area contributed by atoms with Crippen molar-refractivity contribution in [3.05, 3.63) is 36.9 Å². The summed E-state index contributed by atoms with van der Waals surface area (Å²) in [5.74, 6) is 0. The average molecular weight is 345 g/mol. The first-order chi connectivity index (χ1) is 10.8. The first kappa shape index (κ1) is 17.1. The van der Waals surface area contributed by atoms with E-state index in [1.165, 1.54) is 36.9 Å². The van der Waals surface area contributed by atoms with Gasteiger partial charge in [-0.3, -0.25) is 4.68 Å². The molecule has 0 bridgehead atoms. The van der Waals surface area contributed by atoms with E-state index < -0.39 is 11.5 Å². The zero-order valence-electron chi connectivity index (χ0n) is 12.0. The van der Waals surface area contributed by atoms with Crippen molar-refractivity contribution < 1.29 is 18.0 Å². The van der Waals surface area contributed by atoms with Gasteiger partial charge in [-0.1, -0.05) is 6.07 Å². The highest BCUT2D eigenvalue weighted by molar-refractivity contribution is 8.00. The smallest absolute Gasteiger partial charge is 0.334 e. The summed E-state index contributed by atoms with van der Waals surface area (Å²) in [7, 11) is 0. The Hall–Kier alpha value is -2.23. The monoisotopic (exact) mass is 345 g/mol. The van der Waals surface area contributed by atoms with E-state index in [0.717, 1.165) is 0 Å². The Morgan fingerprint density at radius 1 is 1.43 bits per heavy atom. The summed E-state index contributed by atoms with van der Waals surface area (Å²) in [5.41, 5.74) is -4.09. The third-order valence-electron chi connectivity index (χ3n) is 2.63. The normalized spacial score (nSPS) is 12.7. The molecule has 10 heteroatoms. The molecule has 6 nitrogen and oxygen atoms in total. The Bertz CT molecular complexity index is 647. The third-order valence-corrected chi connectivity index (χ3v) is 3.35. The summed E-state index contributed by atoms with van der Waals surface area (Å²) in [6.07, 6.45) is 2.91. The SMILES string of the molecule is C[C@H](Cn1cncn1)NC(=O)Nc1cccc(SC(F)(F)F)c1. The van der Waals surface area contributed by atoms with Crippen molar-refractivity contribution >= 4 is 23.5 Å². The molecule has 2 N–H and O–H groups in total. The Morgan fingerprint density at radius 2 is 2.22 bits per heavy atom. The van der Waals surface area contributed by atoms with Gasteiger partial charge in [-0.2, -0.15) is 18.3 Å². The lowest BCUT2D eigenvalue weighted by molar-refractivity contribution is -0.0328. The van der Waals surface area contributed by atoms with E-state index >= 15 is 0 Å². The summed E-state index contributed by atoms with van der Waals surface area (Å²) < 4.78 is 38.6. The molecule has 2 rings (SSSR count). The Balaban J connectivity index is 1.88. The van der Waals surface area contributed by atoms with Gasteiger partial charge >= 0.3 is 11.5 Å². The van der Waals surface area contributed by atoms with Crippen LogP contribution in [0.25, 0.3) is 0 Å². The van der Waals surface area contributed by atoms with Gasteiger partial charge in [-0.05, 0) is 36.9 Å². The number of aromatic nitrogens is 3. The van der Waals surface area contributed by atoms with Crippen LogP contribution in [0.15, 0.2) is 41.8 Å². The second-order valence-electron chi connectivity index (χ2n) is 4.69. The molecule has 2 aromatic rings. The molecule has 0 radical (unpaired) electrons. The van der Waals surface area contributed by atoms with E-state index in [1.807, 2.05) is 0 Å². The molecule has 0 fully saturated rings. The Labute approximate surface area is 134 Å². The number of anilines is 1. The lowest BCUT2D eigenvalue weighted by atomic mass is 10.3. The molecular formula is C13H14F3N5OS. The molecule has 2 amide bonds. The van der Waals surface area contributed by atoms with E-state index in [2.05, 4.69) is 20.7 Å². The quantitative estimate of drug-likeness (QED) is 0.817. The van der Waals surface area contributed by atoms with Crippen LogP contribution in [0.3, 0.4) is 0 Å². The van der Waals surface area contributed by atoms with Crippen LogP contribution in [0.4, 0.5) is 23.7 Å². The largest absolute Gasteiger partial charge is 0.446 e. The first-order valence-electron chi connectivity index (χ1n) is 6.57. The van der Waals surface area contributed by atoms with E-state index in [-0.39, 0.29) is 28.4 Å². The lowest BCUT2D eigenvalue weighted by Crippen LogP contribution is -2.38. The van der Waals surface area contributed by atoms with Crippen molar-refractivity contribution in [3.8, 4) is 0 Å². The van der Waals surface area contributed by atoms with Crippen LogP contribution in [0.5, 0.6) is 0 Å². The zero-order chi connectivity index (χ0) is 16.9. The summed E-state index contributed by atoms with van der Waals surface area (Å²) in [6.45, 7) is 2.20. The van der Waals surface area contributed by atoms with E-state index in [0.29, 0.717) is 6.54 Å². The number of urea groups is 1. The zero-order valence-corrected chi connectivity index (χ0v) is 12.9. The summed E-state index contributed by atoms with van der Waals surface area (Å²) in [4.78, 5) is 15.6. The molecule has 0 saturated carbocycles. The van der Waals surface area contributed by atoms with Crippen LogP contribution >= 0.6 is 11.8 Å². The van der Waals surface area contributed by atoms with Crippen LogP contribution in [0.2, 0.25) is 0 Å². The minimum atomic E-state index is -4.37. The van der Waals surface area contributed by atoms with Gasteiger partial charge in [-0.25, -0.2) is 9.78 Å². The minimum Gasteiger partial charge on any atom is -0.334 e. The van der Waals surface area contributed by atoms with Crippen molar-refractivity contribution in [1.29, 1.82) is 0 Å². The van der Waals surface area contributed by atoms with Crippen molar-refractivity contribution in [2.24, 2.45) is 0 Å². The molecule has 0 aliphatic heterocycles. The number of rotatable bonds is 5. The Morgan fingerprint density at radius 3 is 2.87 bits per heavy atom. The molecule has 1 aromatic carbocycles. The molecule has 124 valence electrons. The maximum Gasteiger partial charge on any atom is 0.446 e. The molecule has 0 spiro atoms. The number of amides is 2. The van der Waals surface area contributed by atoms with E-state index in [4.69, 9.17) is 0 Å². The van der Waals surface area contributed by atoms with Crippen molar-refractivity contribution in [2.75, 3.05) is 5.32 Å². The van der Waals surface area contributed by atoms with E-state index in [9.17, 15) is 18.0 Å². The molecule has 1 atom stereocenters. The number of carbonyl (C=O) groups excluding carboxylic acids is 1. The second kappa shape index (κ2) is 7.36. The fraction of sp³-hybridized carbons (Fsp3) is 0.308. The molecule has 0 aliphatic carbocycles. The minimum absolute atomic E-state index is 0.00552. The maximum absolute atomic E-state index is 12.3. The van der Waals surface area contributed by atoms with Gasteiger partial charge in [0.25, 0.3) is 0 Å². The fourth-order valence-electron chi connectivity index (χ4n) is 1.82. The van der Waals surface area contributed by atoms with Gasteiger partial charge in [0.15, 0.2) is 0 Å². The third kappa shape index (κ3) is 6.19. The van der Waals surface area contributed by atoms with Crippen LogP contribution in [-0.2, 0) is 6.54 Å².